The fourth-order valence-electron chi connectivity index (χ4n) is 4.00. The monoisotopic (exact) mass is 418 g/mol. The Kier molecular flexibility index (Phi) is 5.82. The van der Waals surface area contributed by atoms with Crippen LogP contribution in [-0.2, 0) is 16.0 Å². The van der Waals surface area contributed by atoms with Crippen LogP contribution in [0.2, 0.25) is 0 Å². The Labute approximate surface area is 172 Å². The fourth-order valence-corrected chi connectivity index (χ4v) is 4.84. The van der Waals surface area contributed by atoms with Gasteiger partial charge in [-0.3, -0.25) is 9.80 Å². The molecule has 3 aliphatic heterocycles. The molecule has 1 atom stereocenters. The van der Waals surface area contributed by atoms with Gasteiger partial charge in [-0.15, -0.1) is 11.3 Å². The highest BCUT2D eigenvalue weighted by atomic mass is 32.1. The molecule has 1 amide bonds. The van der Waals surface area contributed by atoms with Gasteiger partial charge in [-0.05, 0) is 50.0 Å². The summed E-state index contributed by atoms with van der Waals surface area (Å²) in [6.07, 6.45) is 1.30. The van der Waals surface area contributed by atoms with Crippen LogP contribution in [0.3, 0.4) is 0 Å². The van der Waals surface area contributed by atoms with Crippen LogP contribution < -0.4 is 4.90 Å². The number of piperidine rings is 3. The van der Waals surface area contributed by atoms with Gasteiger partial charge in [0, 0.05) is 16.8 Å². The highest BCUT2D eigenvalue weighted by Gasteiger charge is 2.37. The molecule has 0 spiro atoms. The third-order valence-electron chi connectivity index (χ3n) is 5.60. The first-order valence-corrected chi connectivity index (χ1v) is 10.5. The van der Waals surface area contributed by atoms with E-state index in [0.717, 1.165) is 37.4 Å². The number of halogens is 1. The van der Waals surface area contributed by atoms with E-state index < -0.39 is 17.9 Å². The van der Waals surface area contributed by atoms with Crippen molar-refractivity contribution in [2.45, 2.75) is 25.5 Å². The molecule has 8 heteroatoms. The first-order chi connectivity index (χ1) is 14.0. The molecule has 3 saturated heterocycles. The number of para-hydroxylation sites is 1. The predicted molar refractivity (Wildman–Crippen MR) is 108 cm³/mol. The predicted octanol–water partition coefficient (Wildman–Crippen LogP) is 3.91. The number of rotatable bonds is 5. The van der Waals surface area contributed by atoms with Gasteiger partial charge in [0.2, 0.25) is 0 Å². The lowest BCUT2D eigenvalue weighted by atomic mass is 9.86. The Morgan fingerprint density at radius 1 is 1.28 bits per heavy atom. The van der Waals surface area contributed by atoms with E-state index >= 15 is 0 Å². The summed E-state index contributed by atoms with van der Waals surface area (Å²) in [5.74, 6) is -0.581. The van der Waals surface area contributed by atoms with E-state index in [1.807, 2.05) is 0 Å². The van der Waals surface area contributed by atoms with Crippen molar-refractivity contribution in [3.05, 3.63) is 52.0 Å². The number of fused-ring (bicyclic) bond motifs is 3. The maximum Gasteiger partial charge on any atom is 0.415 e. The highest BCUT2D eigenvalue weighted by Crippen LogP contribution is 2.31. The van der Waals surface area contributed by atoms with E-state index in [4.69, 9.17) is 9.47 Å². The molecule has 0 radical (unpaired) electrons. The summed E-state index contributed by atoms with van der Waals surface area (Å²) >= 11 is 1.32. The number of amides is 1. The van der Waals surface area contributed by atoms with E-state index in [1.165, 1.54) is 29.4 Å². The van der Waals surface area contributed by atoms with Crippen molar-refractivity contribution in [1.82, 2.24) is 4.90 Å². The van der Waals surface area contributed by atoms with Gasteiger partial charge in [-0.1, -0.05) is 12.1 Å². The first-order valence-electron chi connectivity index (χ1n) is 9.66. The van der Waals surface area contributed by atoms with Crippen molar-refractivity contribution in [2.75, 3.05) is 31.6 Å². The molecule has 2 aromatic rings. The Morgan fingerprint density at radius 2 is 2.03 bits per heavy atom. The number of hydrogen-bond acceptors (Lipinski definition) is 6. The molecule has 154 valence electrons. The van der Waals surface area contributed by atoms with Gasteiger partial charge in [-0.25, -0.2) is 14.0 Å². The molecule has 0 saturated carbocycles. The van der Waals surface area contributed by atoms with Crippen LogP contribution in [0.1, 0.15) is 28.1 Å². The van der Waals surface area contributed by atoms with E-state index in [1.54, 1.807) is 29.6 Å². The lowest BCUT2D eigenvalue weighted by Gasteiger charge is -2.44. The minimum atomic E-state index is -0.568. The normalized spacial score (nSPS) is 22.9. The average Bonchev–Trinajstić information content (AvgIpc) is 3.21. The van der Waals surface area contributed by atoms with Crippen LogP contribution in [0, 0.1) is 11.7 Å². The second-order valence-electron chi connectivity index (χ2n) is 7.39. The van der Waals surface area contributed by atoms with Crippen LogP contribution in [0.25, 0.3) is 0 Å². The van der Waals surface area contributed by atoms with Gasteiger partial charge in [0.05, 0.1) is 24.9 Å². The van der Waals surface area contributed by atoms with Gasteiger partial charge in [0.25, 0.3) is 0 Å². The van der Waals surface area contributed by atoms with Crippen molar-refractivity contribution >= 4 is 29.1 Å². The third-order valence-corrected chi connectivity index (χ3v) is 6.52. The maximum absolute atomic E-state index is 14.5. The quantitative estimate of drug-likeness (QED) is 0.689. The molecule has 3 fully saturated rings. The molecule has 29 heavy (non-hydrogen) atoms. The second kappa shape index (κ2) is 8.51. The number of ether oxygens (including phenoxy) is 2. The van der Waals surface area contributed by atoms with E-state index in [-0.39, 0.29) is 18.3 Å². The number of hydrogen-bond donors (Lipinski definition) is 0. The fraction of sp³-hybridized carbons (Fsp3) is 0.429. The zero-order chi connectivity index (χ0) is 20.4. The van der Waals surface area contributed by atoms with E-state index in [9.17, 15) is 14.0 Å². The molecule has 5 rings (SSSR count). The maximum atomic E-state index is 14.5. The number of anilines is 1. The summed E-state index contributed by atoms with van der Waals surface area (Å²) < 4.78 is 25.1. The minimum Gasteiger partial charge on any atom is -0.465 e. The summed E-state index contributed by atoms with van der Waals surface area (Å²) in [6.45, 7) is 2.93. The Balaban J connectivity index is 1.55. The second-order valence-corrected chi connectivity index (χ2v) is 8.39. The van der Waals surface area contributed by atoms with Crippen LogP contribution in [-0.4, -0.2) is 49.8 Å². The molecular weight excluding hydrogens is 395 g/mol. The van der Waals surface area contributed by atoms with Crippen LogP contribution in [0.15, 0.2) is 35.7 Å². The number of benzene rings is 1. The average molecular weight is 418 g/mol. The molecule has 0 N–H and O–H groups in total. The van der Waals surface area contributed by atoms with Crippen LogP contribution >= 0.6 is 11.3 Å². The Morgan fingerprint density at radius 3 is 2.69 bits per heavy atom. The standard InChI is InChI=1S/C21H23FN2O4S/c1-27-20(25)15-10-16(29-13-15)11-24(18-5-3-2-4-17(18)22)21(26)28-19-12-23-8-6-14(19)7-9-23/h2-5,10,13-14,19H,6-9,11-12H2,1H3. The molecule has 3 aliphatic rings. The molecule has 6 nitrogen and oxygen atoms in total. The molecule has 1 aromatic heterocycles. The van der Waals surface area contributed by atoms with Crippen molar-refractivity contribution in [3.63, 3.8) is 0 Å². The largest absolute Gasteiger partial charge is 0.465 e. The van der Waals surface area contributed by atoms with Crippen molar-refractivity contribution in [3.8, 4) is 0 Å². The zero-order valence-electron chi connectivity index (χ0n) is 16.2. The Hall–Kier alpha value is -2.45. The van der Waals surface area contributed by atoms with Gasteiger partial charge in [0.15, 0.2) is 0 Å². The summed E-state index contributed by atoms with van der Waals surface area (Å²) in [5, 5.41) is 1.67. The molecule has 4 heterocycles. The number of thiophene rings is 1. The number of carbonyl (C=O) groups is 2. The smallest absolute Gasteiger partial charge is 0.415 e. The van der Waals surface area contributed by atoms with Gasteiger partial charge < -0.3 is 9.47 Å². The van der Waals surface area contributed by atoms with Crippen LogP contribution in [0.4, 0.5) is 14.9 Å². The van der Waals surface area contributed by atoms with E-state index in [0.29, 0.717) is 11.5 Å². The molecule has 1 aromatic carbocycles. The lowest BCUT2D eigenvalue weighted by molar-refractivity contribution is -0.0311. The third kappa shape index (κ3) is 4.28. The van der Waals surface area contributed by atoms with Gasteiger partial charge in [0.1, 0.15) is 11.9 Å². The summed E-state index contributed by atoms with van der Waals surface area (Å²) in [7, 11) is 1.32. The summed E-state index contributed by atoms with van der Waals surface area (Å²) in [6, 6.07) is 7.80. The SMILES string of the molecule is COC(=O)c1csc(CN(C(=O)OC2CN3CCC2CC3)c2ccccc2F)c1. The van der Waals surface area contributed by atoms with Gasteiger partial charge in [-0.2, -0.15) is 0 Å². The van der Waals surface area contributed by atoms with Gasteiger partial charge >= 0.3 is 12.1 Å². The number of methoxy groups -OCH3 is 1. The van der Waals surface area contributed by atoms with Crippen molar-refractivity contribution in [1.29, 1.82) is 0 Å². The molecule has 0 aliphatic carbocycles. The topological polar surface area (TPSA) is 59.1 Å². The van der Waals surface area contributed by atoms with Crippen molar-refractivity contribution < 1.29 is 23.5 Å². The molecule has 1 unspecified atom stereocenters. The number of esters is 1. The Bertz CT molecular complexity index is 894. The van der Waals surface area contributed by atoms with Crippen LogP contribution in [0.5, 0.6) is 0 Å². The minimum absolute atomic E-state index is 0.114. The number of carbonyl (C=O) groups excluding carboxylic acids is 2. The first kappa shape index (κ1) is 19.8. The zero-order valence-corrected chi connectivity index (χ0v) is 17.0. The summed E-state index contributed by atoms with van der Waals surface area (Å²) in [4.78, 5) is 29.1. The molecule has 2 bridgehead atoms. The lowest BCUT2D eigenvalue weighted by Crippen LogP contribution is -2.53. The summed E-state index contributed by atoms with van der Waals surface area (Å²) in [5.41, 5.74) is 0.568. The number of nitrogens with zero attached hydrogens (tertiary/aromatic N) is 2. The molecular formula is C21H23FN2O4S. The highest BCUT2D eigenvalue weighted by molar-refractivity contribution is 7.10. The van der Waals surface area contributed by atoms with E-state index in [2.05, 4.69) is 4.90 Å². The van der Waals surface area contributed by atoms with Crippen molar-refractivity contribution in [2.24, 2.45) is 5.92 Å².